The Balaban J connectivity index is 1.24. The van der Waals surface area contributed by atoms with Gasteiger partial charge in [-0.25, -0.2) is 14.6 Å². The van der Waals surface area contributed by atoms with Crippen LogP contribution in [0.4, 0.5) is 32.5 Å². The number of benzene rings is 1. The number of carbonyl (C=O) groups excluding carboxylic acids is 5. The molecule has 0 saturated heterocycles. The van der Waals surface area contributed by atoms with Gasteiger partial charge in [-0.1, -0.05) is 12.7 Å². The third-order valence-corrected chi connectivity index (χ3v) is 7.17. The molecule has 260 valence electrons. The zero-order valence-corrected chi connectivity index (χ0v) is 28.4. The summed E-state index contributed by atoms with van der Waals surface area (Å²) in [6.07, 6.45) is 6.42. The van der Waals surface area contributed by atoms with E-state index in [0.717, 1.165) is 5.39 Å². The van der Waals surface area contributed by atoms with Crippen LogP contribution in [0.25, 0.3) is 10.9 Å². The molecule has 50 heavy (non-hydrogen) atoms. The zero-order chi connectivity index (χ0) is 36.3. The number of aryl methyl sites for hydroxylation is 3. The predicted octanol–water partition coefficient (Wildman–Crippen LogP) is 5.33. The van der Waals surface area contributed by atoms with Crippen LogP contribution in [0.2, 0.25) is 0 Å². The Hall–Kier alpha value is -6.58. The lowest BCUT2D eigenvalue weighted by Crippen LogP contribution is -2.27. The topological polar surface area (TPSA) is 185 Å². The normalized spacial score (nSPS) is 11.2. The van der Waals surface area contributed by atoms with E-state index < -0.39 is 29.6 Å². The lowest BCUT2D eigenvalue weighted by molar-refractivity contribution is 0.0634. The lowest BCUT2D eigenvalue weighted by Gasteiger charge is -2.18. The molecule has 0 aliphatic rings. The van der Waals surface area contributed by atoms with E-state index in [1.807, 2.05) is 0 Å². The summed E-state index contributed by atoms with van der Waals surface area (Å²) in [5, 5.41) is 11.4. The SMILES string of the molecule is C=CCOC(=O)Nc1ccc2c(ccn2C(=O)c2cc(NC(=O)c3cc(NC(=O)c4nc(NC(=O)OC(C)(C)C)cn4C)cn3C)cn2C)c1. The number of hydrogen-bond acceptors (Lipinski definition) is 8. The summed E-state index contributed by atoms with van der Waals surface area (Å²) in [4.78, 5) is 68.0. The van der Waals surface area contributed by atoms with Crippen LogP contribution in [0.3, 0.4) is 0 Å². The van der Waals surface area contributed by atoms with E-state index in [9.17, 15) is 24.0 Å². The van der Waals surface area contributed by atoms with Crippen molar-refractivity contribution in [3.8, 4) is 0 Å². The highest BCUT2D eigenvalue weighted by molar-refractivity contribution is 6.08. The van der Waals surface area contributed by atoms with Gasteiger partial charge in [0.15, 0.2) is 5.82 Å². The summed E-state index contributed by atoms with van der Waals surface area (Å²) < 4.78 is 16.2. The molecular formula is C34H37N9O7. The molecule has 4 heterocycles. The molecular weight excluding hydrogens is 646 g/mol. The number of rotatable bonds is 9. The van der Waals surface area contributed by atoms with Crippen molar-refractivity contribution >= 4 is 63.7 Å². The second-order valence-electron chi connectivity index (χ2n) is 12.3. The fraction of sp³-hybridized carbons (Fsp3) is 0.235. The van der Waals surface area contributed by atoms with E-state index >= 15 is 0 Å². The van der Waals surface area contributed by atoms with Crippen LogP contribution in [0.15, 0.2) is 73.8 Å². The molecule has 16 heteroatoms. The molecule has 0 radical (unpaired) electrons. The number of aromatic nitrogens is 5. The molecule has 5 aromatic rings. The second-order valence-corrected chi connectivity index (χ2v) is 12.3. The largest absolute Gasteiger partial charge is 0.445 e. The molecule has 0 unspecified atom stereocenters. The van der Waals surface area contributed by atoms with Crippen molar-refractivity contribution in [2.75, 3.05) is 27.9 Å². The molecule has 4 aromatic heterocycles. The van der Waals surface area contributed by atoms with E-state index in [1.165, 1.54) is 27.5 Å². The van der Waals surface area contributed by atoms with Crippen molar-refractivity contribution in [1.82, 2.24) is 23.3 Å². The van der Waals surface area contributed by atoms with Gasteiger partial charge in [-0.15, -0.1) is 0 Å². The number of amides is 4. The number of nitrogens with zero attached hydrogens (tertiary/aromatic N) is 5. The highest BCUT2D eigenvalue weighted by Crippen LogP contribution is 2.24. The molecule has 0 spiro atoms. The maximum absolute atomic E-state index is 13.6. The number of nitrogens with one attached hydrogen (secondary N) is 4. The maximum atomic E-state index is 13.6. The van der Waals surface area contributed by atoms with Crippen LogP contribution in [-0.2, 0) is 30.6 Å². The van der Waals surface area contributed by atoms with E-state index in [0.29, 0.717) is 28.3 Å². The molecule has 0 fully saturated rings. The van der Waals surface area contributed by atoms with Crippen molar-refractivity contribution < 1.29 is 33.4 Å². The standard InChI is InChI=1S/C34H37N9O7/c1-8-13-49-32(47)37-21-9-10-24-20(14-21)11-12-43(24)31(46)26-16-23(18-41(26)6)35-29(44)25-15-22(17-40(25)5)36-30(45)28-38-27(19-42(28)7)39-33(48)50-34(2,3)4/h8-12,14-19H,1,13H2,2-7H3,(H,35,44)(H,36,45)(H,37,47)(H,39,48). The molecule has 0 aliphatic heterocycles. The summed E-state index contributed by atoms with van der Waals surface area (Å²) in [6, 6.07) is 9.90. The van der Waals surface area contributed by atoms with E-state index in [-0.39, 0.29) is 29.9 Å². The Morgan fingerprint density at radius 1 is 0.780 bits per heavy atom. The van der Waals surface area contributed by atoms with Gasteiger partial charge in [0.25, 0.3) is 17.7 Å². The molecule has 0 aliphatic carbocycles. The van der Waals surface area contributed by atoms with Crippen molar-refractivity contribution in [1.29, 1.82) is 0 Å². The van der Waals surface area contributed by atoms with E-state index in [4.69, 9.17) is 9.47 Å². The smallest absolute Gasteiger partial charge is 0.413 e. The minimum atomic E-state index is -0.706. The van der Waals surface area contributed by atoms with Crippen LogP contribution in [0.1, 0.15) is 52.4 Å². The molecule has 4 amide bonds. The number of carbonyl (C=O) groups is 5. The second kappa shape index (κ2) is 13.9. The summed E-state index contributed by atoms with van der Waals surface area (Å²) in [6.45, 7) is 8.78. The Morgan fingerprint density at radius 3 is 2.12 bits per heavy atom. The Labute approximate surface area is 286 Å². The monoisotopic (exact) mass is 683 g/mol. The van der Waals surface area contributed by atoms with Gasteiger partial charge in [0.1, 0.15) is 23.6 Å². The fourth-order valence-electron chi connectivity index (χ4n) is 5.04. The Bertz CT molecular complexity index is 2140. The Kier molecular flexibility index (Phi) is 9.64. The van der Waals surface area contributed by atoms with Crippen LogP contribution in [0.5, 0.6) is 0 Å². The summed E-state index contributed by atoms with van der Waals surface area (Å²) in [7, 11) is 4.94. The van der Waals surface area contributed by atoms with Crippen LogP contribution < -0.4 is 21.3 Å². The maximum Gasteiger partial charge on any atom is 0.413 e. The van der Waals surface area contributed by atoms with Crippen LogP contribution >= 0.6 is 0 Å². The van der Waals surface area contributed by atoms with Gasteiger partial charge in [0.05, 0.1) is 16.9 Å². The number of hydrogen-bond donors (Lipinski definition) is 4. The number of anilines is 4. The molecule has 4 N–H and O–H groups in total. The molecule has 16 nitrogen and oxygen atoms in total. The van der Waals surface area contributed by atoms with E-state index in [1.54, 1.807) is 100.0 Å². The van der Waals surface area contributed by atoms with Crippen molar-refractivity contribution in [2.45, 2.75) is 26.4 Å². The van der Waals surface area contributed by atoms with E-state index in [2.05, 4.69) is 32.8 Å². The van der Waals surface area contributed by atoms with Gasteiger partial charge in [0.2, 0.25) is 5.82 Å². The quantitative estimate of drug-likeness (QED) is 0.150. The first kappa shape index (κ1) is 34.7. The van der Waals surface area contributed by atoms with Gasteiger partial charge in [0, 0.05) is 57.0 Å². The number of imidazole rings is 1. The first-order chi connectivity index (χ1) is 23.6. The zero-order valence-electron chi connectivity index (χ0n) is 28.4. The van der Waals surface area contributed by atoms with Gasteiger partial charge in [-0.05, 0) is 57.2 Å². The Morgan fingerprint density at radius 2 is 1.44 bits per heavy atom. The minimum absolute atomic E-state index is 0.0175. The number of fused-ring (bicyclic) bond motifs is 1. The third-order valence-electron chi connectivity index (χ3n) is 7.17. The van der Waals surface area contributed by atoms with Gasteiger partial charge < -0.3 is 33.8 Å². The number of ether oxygens (including phenoxy) is 2. The molecule has 1 aromatic carbocycles. The third kappa shape index (κ3) is 7.92. The van der Waals surface area contributed by atoms with Crippen LogP contribution in [0, 0.1) is 0 Å². The van der Waals surface area contributed by atoms with Crippen molar-refractivity contribution in [3.05, 3.63) is 91.1 Å². The summed E-state index contributed by atoms with van der Waals surface area (Å²) in [5.74, 6) is -1.22. The average Bonchev–Trinajstić information content (AvgIpc) is 3.79. The molecule has 0 saturated carbocycles. The fourth-order valence-corrected chi connectivity index (χ4v) is 5.04. The predicted molar refractivity (Wildman–Crippen MR) is 187 cm³/mol. The van der Waals surface area contributed by atoms with Gasteiger partial charge in [-0.2, -0.15) is 0 Å². The molecule has 5 rings (SSSR count). The highest BCUT2D eigenvalue weighted by atomic mass is 16.6. The molecule has 0 atom stereocenters. The summed E-state index contributed by atoms with van der Waals surface area (Å²) in [5.41, 5.74) is 1.68. The average molecular weight is 684 g/mol. The van der Waals surface area contributed by atoms with Crippen LogP contribution in [-0.4, -0.2) is 65.4 Å². The minimum Gasteiger partial charge on any atom is -0.445 e. The summed E-state index contributed by atoms with van der Waals surface area (Å²) >= 11 is 0. The highest BCUT2D eigenvalue weighted by Gasteiger charge is 2.22. The lowest BCUT2D eigenvalue weighted by atomic mass is 10.2. The molecule has 0 bridgehead atoms. The first-order valence-electron chi connectivity index (χ1n) is 15.3. The van der Waals surface area contributed by atoms with Crippen molar-refractivity contribution in [2.24, 2.45) is 21.1 Å². The van der Waals surface area contributed by atoms with Gasteiger partial charge >= 0.3 is 12.2 Å². The van der Waals surface area contributed by atoms with Crippen molar-refractivity contribution in [3.63, 3.8) is 0 Å². The van der Waals surface area contributed by atoms with Gasteiger partial charge in [-0.3, -0.25) is 29.6 Å². The first-order valence-corrected chi connectivity index (χ1v) is 15.3.